The SMILES string of the molecule is CNC(=O)c1ccc(C)c(NC2Cc3ccccc3C2)c1. The van der Waals surface area contributed by atoms with Crippen molar-refractivity contribution in [2.75, 3.05) is 12.4 Å². The van der Waals surface area contributed by atoms with Gasteiger partial charge >= 0.3 is 0 Å². The molecular weight excluding hydrogens is 260 g/mol. The maximum atomic E-state index is 11.8. The molecule has 0 unspecified atom stereocenters. The summed E-state index contributed by atoms with van der Waals surface area (Å²) in [7, 11) is 1.66. The molecule has 108 valence electrons. The summed E-state index contributed by atoms with van der Waals surface area (Å²) < 4.78 is 0. The molecule has 2 aromatic carbocycles. The summed E-state index contributed by atoms with van der Waals surface area (Å²) >= 11 is 0. The lowest BCUT2D eigenvalue weighted by molar-refractivity contribution is 0.0963. The van der Waals surface area contributed by atoms with E-state index < -0.39 is 0 Å². The summed E-state index contributed by atoms with van der Waals surface area (Å²) in [4.78, 5) is 11.8. The lowest BCUT2D eigenvalue weighted by Crippen LogP contribution is -2.21. The van der Waals surface area contributed by atoms with Gasteiger partial charge in [-0.05, 0) is 48.6 Å². The van der Waals surface area contributed by atoms with E-state index in [1.54, 1.807) is 7.05 Å². The van der Waals surface area contributed by atoms with Crippen LogP contribution in [0.15, 0.2) is 42.5 Å². The lowest BCUT2D eigenvalue weighted by atomic mass is 10.1. The first-order valence-electron chi connectivity index (χ1n) is 7.33. The molecule has 1 aliphatic rings. The van der Waals surface area contributed by atoms with Crippen molar-refractivity contribution in [3.8, 4) is 0 Å². The van der Waals surface area contributed by atoms with Gasteiger partial charge in [-0.15, -0.1) is 0 Å². The van der Waals surface area contributed by atoms with E-state index in [-0.39, 0.29) is 5.91 Å². The van der Waals surface area contributed by atoms with E-state index >= 15 is 0 Å². The highest BCUT2D eigenvalue weighted by molar-refractivity contribution is 5.95. The molecule has 0 fully saturated rings. The number of amides is 1. The number of carbonyl (C=O) groups excluding carboxylic acids is 1. The Bertz CT molecular complexity index is 654. The van der Waals surface area contributed by atoms with Crippen LogP contribution in [0.4, 0.5) is 5.69 Å². The quantitative estimate of drug-likeness (QED) is 0.907. The third-order valence-corrected chi connectivity index (χ3v) is 4.14. The van der Waals surface area contributed by atoms with Gasteiger partial charge in [-0.3, -0.25) is 4.79 Å². The average molecular weight is 280 g/mol. The van der Waals surface area contributed by atoms with E-state index in [1.807, 2.05) is 18.2 Å². The molecule has 0 aromatic heterocycles. The zero-order chi connectivity index (χ0) is 14.8. The molecule has 1 amide bonds. The number of nitrogens with one attached hydrogen (secondary N) is 2. The minimum Gasteiger partial charge on any atom is -0.381 e. The molecule has 0 saturated carbocycles. The minimum atomic E-state index is -0.0484. The Morgan fingerprint density at radius 2 is 1.76 bits per heavy atom. The van der Waals surface area contributed by atoms with Crippen molar-refractivity contribution in [1.82, 2.24) is 5.32 Å². The average Bonchev–Trinajstić information content (AvgIpc) is 2.91. The van der Waals surface area contributed by atoms with E-state index in [1.165, 1.54) is 16.7 Å². The van der Waals surface area contributed by atoms with Crippen molar-refractivity contribution in [1.29, 1.82) is 0 Å². The molecule has 0 aliphatic heterocycles. The lowest BCUT2D eigenvalue weighted by Gasteiger charge is -2.16. The molecule has 21 heavy (non-hydrogen) atoms. The largest absolute Gasteiger partial charge is 0.381 e. The predicted octanol–water partition coefficient (Wildman–Crippen LogP) is 2.93. The number of rotatable bonds is 3. The van der Waals surface area contributed by atoms with Crippen LogP contribution in [0.5, 0.6) is 0 Å². The second-order valence-electron chi connectivity index (χ2n) is 5.63. The molecule has 0 bridgehead atoms. The zero-order valence-corrected chi connectivity index (χ0v) is 12.4. The number of fused-ring (bicyclic) bond motifs is 1. The number of anilines is 1. The van der Waals surface area contributed by atoms with Gasteiger partial charge in [-0.2, -0.15) is 0 Å². The number of carbonyl (C=O) groups is 1. The molecule has 2 N–H and O–H groups in total. The highest BCUT2D eigenvalue weighted by Crippen LogP contribution is 2.26. The van der Waals surface area contributed by atoms with Crippen LogP contribution in [0, 0.1) is 6.92 Å². The Morgan fingerprint density at radius 3 is 2.38 bits per heavy atom. The van der Waals surface area contributed by atoms with Gasteiger partial charge in [0, 0.05) is 24.3 Å². The summed E-state index contributed by atoms with van der Waals surface area (Å²) in [5, 5.41) is 6.26. The van der Waals surface area contributed by atoms with E-state index in [0.29, 0.717) is 11.6 Å². The molecule has 0 heterocycles. The Morgan fingerprint density at radius 1 is 1.10 bits per heavy atom. The van der Waals surface area contributed by atoms with Crippen LogP contribution in [0.2, 0.25) is 0 Å². The Labute approximate surface area is 125 Å². The van der Waals surface area contributed by atoms with Gasteiger partial charge < -0.3 is 10.6 Å². The zero-order valence-electron chi connectivity index (χ0n) is 12.4. The van der Waals surface area contributed by atoms with Crippen LogP contribution < -0.4 is 10.6 Å². The van der Waals surface area contributed by atoms with E-state index in [9.17, 15) is 4.79 Å². The summed E-state index contributed by atoms with van der Waals surface area (Å²) in [5.41, 5.74) is 5.76. The molecule has 3 nitrogen and oxygen atoms in total. The first-order valence-corrected chi connectivity index (χ1v) is 7.33. The first-order chi connectivity index (χ1) is 10.2. The first kappa shape index (κ1) is 13.7. The molecule has 3 heteroatoms. The van der Waals surface area contributed by atoms with Crippen molar-refractivity contribution in [2.24, 2.45) is 0 Å². The van der Waals surface area contributed by atoms with Crippen LogP contribution in [-0.2, 0) is 12.8 Å². The maximum absolute atomic E-state index is 11.8. The molecule has 1 aliphatic carbocycles. The van der Waals surface area contributed by atoms with Gasteiger partial charge in [0.2, 0.25) is 0 Å². The number of hydrogen-bond donors (Lipinski definition) is 2. The topological polar surface area (TPSA) is 41.1 Å². The molecule has 3 rings (SSSR count). The molecule has 0 saturated heterocycles. The van der Waals surface area contributed by atoms with Crippen LogP contribution in [0.3, 0.4) is 0 Å². The Hall–Kier alpha value is -2.29. The third kappa shape index (κ3) is 2.77. The van der Waals surface area contributed by atoms with Crippen LogP contribution in [0.1, 0.15) is 27.0 Å². The molecular formula is C18H20N2O. The smallest absolute Gasteiger partial charge is 0.251 e. The number of aryl methyl sites for hydroxylation is 1. The highest BCUT2D eigenvalue weighted by Gasteiger charge is 2.21. The Kier molecular flexibility index (Phi) is 3.65. The minimum absolute atomic E-state index is 0.0484. The summed E-state index contributed by atoms with van der Waals surface area (Å²) in [6.45, 7) is 2.07. The normalized spacial score (nSPS) is 13.8. The third-order valence-electron chi connectivity index (χ3n) is 4.14. The fourth-order valence-electron chi connectivity index (χ4n) is 2.94. The molecule has 0 radical (unpaired) electrons. The Balaban J connectivity index is 1.78. The fraction of sp³-hybridized carbons (Fsp3) is 0.278. The standard InChI is InChI=1S/C18H20N2O/c1-12-7-8-15(18(21)19-2)11-17(12)20-16-9-13-5-3-4-6-14(13)10-16/h3-8,11,16,20H,9-10H2,1-2H3,(H,19,21). The van der Waals surface area contributed by atoms with Gasteiger partial charge in [-0.25, -0.2) is 0 Å². The van der Waals surface area contributed by atoms with Gasteiger partial charge in [0.25, 0.3) is 5.91 Å². The van der Waals surface area contributed by atoms with Crippen molar-refractivity contribution >= 4 is 11.6 Å². The number of hydrogen-bond acceptors (Lipinski definition) is 2. The fourth-order valence-corrected chi connectivity index (χ4v) is 2.94. The van der Waals surface area contributed by atoms with Crippen molar-refractivity contribution in [3.05, 3.63) is 64.7 Å². The number of benzene rings is 2. The van der Waals surface area contributed by atoms with Gasteiger partial charge in [0.1, 0.15) is 0 Å². The van der Waals surface area contributed by atoms with E-state index in [4.69, 9.17) is 0 Å². The summed E-state index contributed by atoms with van der Waals surface area (Å²) in [6.07, 6.45) is 2.08. The summed E-state index contributed by atoms with van der Waals surface area (Å²) in [5.74, 6) is -0.0484. The maximum Gasteiger partial charge on any atom is 0.251 e. The van der Waals surface area contributed by atoms with Crippen molar-refractivity contribution in [3.63, 3.8) is 0 Å². The van der Waals surface area contributed by atoms with Crippen LogP contribution in [0.25, 0.3) is 0 Å². The molecule has 0 spiro atoms. The van der Waals surface area contributed by atoms with Gasteiger partial charge in [-0.1, -0.05) is 30.3 Å². The monoisotopic (exact) mass is 280 g/mol. The van der Waals surface area contributed by atoms with E-state index in [2.05, 4.69) is 41.8 Å². The van der Waals surface area contributed by atoms with Crippen molar-refractivity contribution in [2.45, 2.75) is 25.8 Å². The molecule has 0 atom stereocenters. The van der Waals surface area contributed by atoms with Crippen molar-refractivity contribution < 1.29 is 4.79 Å². The second kappa shape index (κ2) is 5.60. The van der Waals surface area contributed by atoms with Crippen LogP contribution >= 0.6 is 0 Å². The van der Waals surface area contributed by atoms with Crippen LogP contribution in [-0.4, -0.2) is 19.0 Å². The van der Waals surface area contributed by atoms with E-state index in [0.717, 1.165) is 18.5 Å². The molecule has 2 aromatic rings. The second-order valence-corrected chi connectivity index (χ2v) is 5.63. The van der Waals surface area contributed by atoms with Gasteiger partial charge in [0.05, 0.1) is 0 Å². The van der Waals surface area contributed by atoms with Gasteiger partial charge in [0.15, 0.2) is 0 Å². The predicted molar refractivity (Wildman–Crippen MR) is 85.8 cm³/mol. The summed E-state index contributed by atoms with van der Waals surface area (Å²) in [6, 6.07) is 14.8. The highest BCUT2D eigenvalue weighted by atomic mass is 16.1.